The summed E-state index contributed by atoms with van der Waals surface area (Å²) < 4.78 is 11.6. The zero-order valence-corrected chi connectivity index (χ0v) is 26.5. The number of fused-ring (bicyclic) bond motifs is 1. The smallest absolute Gasteiger partial charge is 0.236 e. The minimum Gasteiger partial charge on any atom is -0.354 e. The van der Waals surface area contributed by atoms with Gasteiger partial charge in [0.05, 0.1) is 6.54 Å². The molecule has 0 unspecified atom stereocenters. The molecule has 2 saturated heterocycles. The number of allylic oxidation sites excluding steroid dienone is 4. The van der Waals surface area contributed by atoms with Crippen molar-refractivity contribution in [3.63, 3.8) is 0 Å². The second kappa shape index (κ2) is 13.9. The fourth-order valence-electron chi connectivity index (χ4n) is 6.18. The summed E-state index contributed by atoms with van der Waals surface area (Å²) in [4.78, 5) is 25.1. The average Bonchev–Trinajstić information content (AvgIpc) is 3.34. The highest BCUT2D eigenvalue weighted by Crippen LogP contribution is 2.37. The van der Waals surface area contributed by atoms with Crippen LogP contribution in [0.15, 0.2) is 40.9 Å². The molecule has 3 heterocycles. The third-order valence-electron chi connectivity index (χ3n) is 8.45. The lowest BCUT2D eigenvalue weighted by atomic mass is 9.87. The molecule has 0 aliphatic carbocycles. The number of amidine groups is 1. The summed E-state index contributed by atoms with van der Waals surface area (Å²) in [6.07, 6.45) is 7.24. The molecule has 1 amide bonds. The van der Waals surface area contributed by atoms with Crippen LogP contribution >= 0.6 is 0 Å². The van der Waals surface area contributed by atoms with Crippen LogP contribution in [0.3, 0.4) is 0 Å². The Bertz CT molecular complexity index is 1380. The molecule has 8 heteroatoms. The quantitative estimate of drug-likeness (QED) is 0.220. The number of piperidine rings is 1. The van der Waals surface area contributed by atoms with Gasteiger partial charge in [-0.2, -0.15) is 0 Å². The van der Waals surface area contributed by atoms with E-state index in [1.807, 2.05) is 4.90 Å². The Balaban J connectivity index is 1.52. The number of aromatic amines is 1. The summed E-state index contributed by atoms with van der Waals surface area (Å²) in [5, 5.41) is 9.10. The number of amides is 1. The SMILES string of the molecule is C/C=C(\C=C(\C)C(CC)=NC(C)=N)c1[nH]c2ccc(C3CCN(CC(=O)N4CCS(=O)CC4)CC3)cc2c1C(C)C. The number of hydrogen-bond donors (Lipinski definition) is 2. The highest BCUT2D eigenvalue weighted by Gasteiger charge is 2.26. The number of likely N-dealkylation sites (tertiary alicyclic amines) is 1. The number of carbonyl (C=O) groups excluding carboxylic acids is 1. The van der Waals surface area contributed by atoms with E-state index >= 15 is 0 Å². The average molecular weight is 578 g/mol. The van der Waals surface area contributed by atoms with Crippen LogP contribution in [-0.4, -0.2) is 80.7 Å². The highest BCUT2D eigenvalue weighted by molar-refractivity contribution is 7.85. The van der Waals surface area contributed by atoms with Crippen molar-refractivity contribution in [2.75, 3.05) is 44.2 Å². The lowest BCUT2D eigenvalue weighted by molar-refractivity contribution is -0.132. The highest BCUT2D eigenvalue weighted by atomic mass is 32.2. The monoisotopic (exact) mass is 577 g/mol. The van der Waals surface area contributed by atoms with Gasteiger partial charge in [0.25, 0.3) is 0 Å². The summed E-state index contributed by atoms with van der Waals surface area (Å²) in [6, 6.07) is 6.90. The van der Waals surface area contributed by atoms with Gasteiger partial charge in [0.15, 0.2) is 0 Å². The summed E-state index contributed by atoms with van der Waals surface area (Å²) >= 11 is 0. The Kier molecular flexibility index (Phi) is 10.5. The Morgan fingerprint density at radius 3 is 2.44 bits per heavy atom. The Morgan fingerprint density at radius 1 is 1.17 bits per heavy atom. The van der Waals surface area contributed by atoms with Crippen LogP contribution in [-0.2, 0) is 15.6 Å². The molecule has 2 N–H and O–H groups in total. The van der Waals surface area contributed by atoms with Gasteiger partial charge in [-0.15, -0.1) is 0 Å². The number of H-pyrrole nitrogens is 1. The molecule has 2 aliphatic rings. The topological polar surface area (TPSA) is 92.6 Å². The second-order valence-corrected chi connectivity index (χ2v) is 13.4. The van der Waals surface area contributed by atoms with Crippen molar-refractivity contribution in [1.29, 1.82) is 5.41 Å². The van der Waals surface area contributed by atoms with Crippen molar-refractivity contribution in [2.24, 2.45) is 4.99 Å². The first kappa shape index (κ1) is 31.1. The summed E-state index contributed by atoms with van der Waals surface area (Å²) in [7, 11) is -0.762. The number of aliphatic imine (C=N–C) groups is 1. The largest absolute Gasteiger partial charge is 0.354 e. The van der Waals surface area contributed by atoms with Crippen LogP contribution < -0.4 is 0 Å². The number of nitrogens with one attached hydrogen (secondary N) is 2. The number of nitrogens with zero attached hydrogens (tertiary/aromatic N) is 3. The van der Waals surface area contributed by atoms with Crippen LogP contribution in [0.2, 0.25) is 0 Å². The second-order valence-electron chi connectivity index (χ2n) is 11.7. The van der Waals surface area contributed by atoms with Crippen LogP contribution in [0, 0.1) is 5.41 Å². The van der Waals surface area contributed by atoms with Crippen molar-refractivity contribution in [3.8, 4) is 0 Å². The fourth-order valence-corrected chi connectivity index (χ4v) is 7.23. The van der Waals surface area contributed by atoms with Gasteiger partial charge in [0, 0.05) is 57.7 Å². The third kappa shape index (κ3) is 7.52. The zero-order chi connectivity index (χ0) is 29.7. The van der Waals surface area contributed by atoms with Crippen LogP contribution in [0.4, 0.5) is 0 Å². The first-order valence-corrected chi connectivity index (χ1v) is 16.6. The molecule has 2 aromatic rings. The summed E-state index contributed by atoms with van der Waals surface area (Å²) in [5.74, 6) is 2.56. The van der Waals surface area contributed by atoms with Gasteiger partial charge < -0.3 is 9.88 Å². The predicted molar refractivity (Wildman–Crippen MR) is 174 cm³/mol. The van der Waals surface area contributed by atoms with E-state index < -0.39 is 10.8 Å². The van der Waals surface area contributed by atoms with E-state index in [9.17, 15) is 9.00 Å². The summed E-state index contributed by atoms with van der Waals surface area (Å²) in [5.41, 5.74) is 8.20. The minimum atomic E-state index is -0.762. The number of aromatic nitrogens is 1. The van der Waals surface area contributed by atoms with Crippen molar-refractivity contribution in [1.82, 2.24) is 14.8 Å². The molecule has 0 saturated carbocycles. The maximum absolute atomic E-state index is 12.8. The van der Waals surface area contributed by atoms with E-state index in [2.05, 4.69) is 79.8 Å². The van der Waals surface area contributed by atoms with Gasteiger partial charge in [0.1, 0.15) is 5.84 Å². The third-order valence-corrected chi connectivity index (χ3v) is 9.73. The molecule has 7 nitrogen and oxygen atoms in total. The molecule has 0 radical (unpaired) electrons. The lowest BCUT2D eigenvalue weighted by Gasteiger charge is -2.34. The Morgan fingerprint density at radius 2 is 1.85 bits per heavy atom. The molecule has 1 aromatic heterocycles. The molecule has 2 aliphatic heterocycles. The number of hydrogen-bond acceptors (Lipinski definition) is 4. The van der Waals surface area contributed by atoms with E-state index in [1.54, 1.807) is 6.92 Å². The van der Waals surface area contributed by atoms with Gasteiger partial charge >= 0.3 is 0 Å². The molecule has 1 aromatic carbocycles. The normalized spacial score (nSPS) is 19.0. The molecule has 4 rings (SSSR count). The maximum Gasteiger partial charge on any atom is 0.236 e. The van der Waals surface area contributed by atoms with Gasteiger partial charge in [-0.3, -0.25) is 19.3 Å². The van der Waals surface area contributed by atoms with Crippen LogP contribution in [0.25, 0.3) is 16.5 Å². The first-order chi connectivity index (χ1) is 19.6. The van der Waals surface area contributed by atoms with Crippen molar-refractivity contribution < 1.29 is 9.00 Å². The molecule has 41 heavy (non-hydrogen) atoms. The standard InChI is InChI=1S/C33H47N5O2S/c1-7-25(19-23(5)29(8-2)35-24(6)34)33-32(22(3)4)28-20-27(9-10-30(28)36-33)26-11-13-37(14-12-26)21-31(39)38-15-17-41(40)18-16-38/h7,9-10,19-20,22,26,34,36H,8,11-18,21H2,1-6H3/b23-19-,25-7+,34-24?,35-29?. The predicted octanol–water partition coefficient (Wildman–Crippen LogP) is 6.26. The van der Waals surface area contributed by atoms with E-state index in [0.717, 1.165) is 60.4 Å². The molecular formula is C33H47N5O2S. The Labute approximate surface area is 248 Å². The van der Waals surface area contributed by atoms with Crippen LogP contribution in [0.5, 0.6) is 0 Å². The van der Waals surface area contributed by atoms with Crippen LogP contribution in [0.1, 0.15) is 89.5 Å². The van der Waals surface area contributed by atoms with Gasteiger partial charge in [0.2, 0.25) is 5.91 Å². The van der Waals surface area contributed by atoms with Gasteiger partial charge in [-0.05, 0) is 105 Å². The van der Waals surface area contributed by atoms with Gasteiger partial charge in [-0.1, -0.05) is 32.9 Å². The molecule has 2 fully saturated rings. The van der Waals surface area contributed by atoms with E-state index in [1.165, 1.54) is 16.5 Å². The molecule has 0 spiro atoms. The Hall–Kier alpha value is -2.84. The maximum atomic E-state index is 12.8. The number of carbonyl (C=O) groups is 1. The summed E-state index contributed by atoms with van der Waals surface area (Å²) in [6.45, 7) is 16.1. The molecule has 222 valence electrons. The number of rotatable bonds is 8. The van der Waals surface area contributed by atoms with E-state index in [-0.39, 0.29) is 5.91 Å². The van der Waals surface area contributed by atoms with Crippen molar-refractivity contribution in [2.45, 2.75) is 72.6 Å². The van der Waals surface area contributed by atoms with Crippen molar-refractivity contribution in [3.05, 3.63) is 52.7 Å². The fraction of sp³-hybridized carbons (Fsp3) is 0.545. The zero-order valence-electron chi connectivity index (χ0n) is 25.7. The first-order valence-electron chi connectivity index (χ1n) is 15.1. The molecule has 0 bridgehead atoms. The minimum absolute atomic E-state index is 0.178. The molecule has 0 atom stereocenters. The van der Waals surface area contributed by atoms with Gasteiger partial charge in [-0.25, -0.2) is 4.99 Å². The lowest BCUT2D eigenvalue weighted by Crippen LogP contribution is -2.47. The van der Waals surface area contributed by atoms with E-state index in [0.29, 0.717) is 48.8 Å². The molecular weight excluding hydrogens is 530 g/mol. The van der Waals surface area contributed by atoms with E-state index in [4.69, 9.17) is 5.41 Å². The number of benzene rings is 1. The van der Waals surface area contributed by atoms with Crippen molar-refractivity contribution >= 4 is 44.7 Å².